The minimum absolute atomic E-state index is 0.194. The van der Waals surface area contributed by atoms with Gasteiger partial charge in [0.25, 0.3) is 0 Å². The van der Waals surface area contributed by atoms with Crippen LogP contribution in [-0.2, 0) is 11.3 Å². The molecule has 0 saturated heterocycles. The fraction of sp³-hybridized carbons (Fsp3) is 0.526. The number of ether oxygens (including phenoxy) is 2. The number of aryl methyl sites for hydroxylation is 2. The summed E-state index contributed by atoms with van der Waals surface area (Å²) in [6.45, 7) is 12.5. The third kappa shape index (κ3) is 8.50. The van der Waals surface area contributed by atoms with Crippen molar-refractivity contribution >= 4 is 28.9 Å². The van der Waals surface area contributed by atoms with Crippen molar-refractivity contribution < 1.29 is 14.3 Å². The predicted molar refractivity (Wildman–Crippen MR) is 105 cm³/mol. The zero-order chi connectivity index (χ0) is 19.0. The highest BCUT2D eigenvalue weighted by molar-refractivity contribution is 6.55. The first-order chi connectivity index (χ1) is 11.6. The summed E-state index contributed by atoms with van der Waals surface area (Å²) >= 11 is 11.2. The molecule has 4 nitrogen and oxygen atoms in total. The molecule has 0 aliphatic rings. The first-order valence-electron chi connectivity index (χ1n) is 8.24. The van der Waals surface area contributed by atoms with Crippen LogP contribution in [0.15, 0.2) is 27.9 Å². The summed E-state index contributed by atoms with van der Waals surface area (Å²) in [7, 11) is 0. The van der Waals surface area contributed by atoms with Gasteiger partial charge in [0, 0.05) is 0 Å². The lowest BCUT2D eigenvalue weighted by Crippen LogP contribution is -2.18. The quantitative estimate of drug-likeness (QED) is 0.416. The Balaban J connectivity index is 2.81. The summed E-state index contributed by atoms with van der Waals surface area (Å²) in [4.78, 5) is 5.41. The van der Waals surface area contributed by atoms with E-state index in [4.69, 9.17) is 37.5 Å². The Morgan fingerprint density at radius 1 is 1.20 bits per heavy atom. The number of rotatable bonds is 8. The Morgan fingerprint density at radius 3 is 2.44 bits per heavy atom. The van der Waals surface area contributed by atoms with E-state index in [0.717, 1.165) is 34.8 Å². The lowest BCUT2D eigenvalue weighted by atomic mass is 10.1. The van der Waals surface area contributed by atoms with Gasteiger partial charge in [-0.3, -0.25) is 0 Å². The smallest absolute Gasteiger partial charge is 0.129 e. The topological polar surface area (TPSA) is 40.0 Å². The molecule has 0 fully saturated rings. The number of oxime groups is 1. The molecule has 0 heterocycles. The van der Waals surface area contributed by atoms with Crippen LogP contribution < -0.4 is 9.47 Å². The van der Waals surface area contributed by atoms with Gasteiger partial charge in [0.05, 0.1) is 5.71 Å². The second-order valence-electron chi connectivity index (χ2n) is 6.71. The third-order valence-corrected chi connectivity index (χ3v) is 3.40. The Hall–Kier alpha value is -1.39. The van der Waals surface area contributed by atoms with Crippen molar-refractivity contribution in [2.24, 2.45) is 5.16 Å². The molecule has 0 radical (unpaired) electrons. The van der Waals surface area contributed by atoms with E-state index in [-0.39, 0.29) is 10.1 Å². The molecule has 0 aliphatic carbocycles. The first kappa shape index (κ1) is 21.7. The molecule has 0 N–H and O–H groups in total. The van der Waals surface area contributed by atoms with Gasteiger partial charge in [-0.15, -0.1) is 0 Å². The van der Waals surface area contributed by atoms with E-state index in [1.165, 1.54) is 0 Å². The van der Waals surface area contributed by atoms with Crippen molar-refractivity contribution in [3.05, 3.63) is 33.8 Å². The van der Waals surface area contributed by atoms with Crippen molar-refractivity contribution in [1.29, 1.82) is 0 Å². The Kier molecular flexibility index (Phi) is 8.60. The summed E-state index contributed by atoms with van der Waals surface area (Å²) in [5.41, 5.74) is 2.53. The van der Waals surface area contributed by atoms with Crippen molar-refractivity contribution in [2.75, 3.05) is 13.2 Å². The van der Waals surface area contributed by atoms with Crippen LogP contribution in [0.3, 0.4) is 0 Å². The van der Waals surface area contributed by atoms with Crippen LogP contribution in [0.1, 0.15) is 45.7 Å². The molecular formula is C19H27Cl2NO3. The van der Waals surface area contributed by atoms with Crippen LogP contribution in [0.5, 0.6) is 11.5 Å². The molecule has 25 heavy (non-hydrogen) atoms. The fourth-order valence-electron chi connectivity index (χ4n) is 1.98. The van der Waals surface area contributed by atoms with E-state index in [2.05, 4.69) is 12.1 Å². The van der Waals surface area contributed by atoms with Crippen molar-refractivity contribution in [1.82, 2.24) is 0 Å². The van der Waals surface area contributed by atoms with Crippen LogP contribution in [0, 0.1) is 6.92 Å². The maximum atomic E-state index is 5.96. The molecule has 0 amide bonds. The molecule has 0 bridgehead atoms. The van der Waals surface area contributed by atoms with Gasteiger partial charge in [-0.25, -0.2) is 0 Å². The standard InChI is InChI=1S/C19H27Cl2NO3/c1-7-15-11-16(23-9-8-17(20)21)10-13(2)18(15)24-12-14(3)22-25-19(4,5)6/h8,10-11H,7,9,12H2,1-6H3. The van der Waals surface area contributed by atoms with E-state index in [9.17, 15) is 0 Å². The molecule has 0 unspecified atom stereocenters. The van der Waals surface area contributed by atoms with Crippen LogP contribution in [-0.4, -0.2) is 24.5 Å². The van der Waals surface area contributed by atoms with Gasteiger partial charge in [0.1, 0.15) is 34.8 Å². The molecule has 1 rings (SSSR count). The highest BCUT2D eigenvalue weighted by Gasteiger charge is 2.12. The number of halogens is 2. The van der Waals surface area contributed by atoms with E-state index >= 15 is 0 Å². The average molecular weight is 388 g/mol. The maximum absolute atomic E-state index is 5.96. The van der Waals surface area contributed by atoms with Crippen LogP contribution in [0.4, 0.5) is 0 Å². The average Bonchev–Trinajstić information content (AvgIpc) is 2.50. The van der Waals surface area contributed by atoms with Gasteiger partial charge >= 0.3 is 0 Å². The zero-order valence-electron chi connectivity index (χ0n) is 15.8. The summed E-state index contributed by atoms with van der Waals surface area (Å²) in [6.07, 6.45) is 2.43. The Bertz CT molecular complexity index is 630. The number of benzene rings is 1. The molecule has 0 atom stereocenters. The highest BCUT2D eigenvalue weighted by Crippen LogP contribution is 2.30. The van der Waals surface area contributed by atoms with E-state index < -0.39 is 0 Å². The van der Waals surface area contributed by atoms with Gasteiger partial charge in [0.2, 0.25) is 0 Å². The summed E-state index contributed by atoms with van der Waals surface area (Å²) in [5.74, 6) is 1.61. The summed E-state index contributed by atoms with van der Waals surface area (Å²) in [5, 5.41) is 4.11. The Morgan fingerprint density at radius 2 is 1.88 bits per heavy atom. The molecule has 0 spiro atoms. The maximum Gasteiger partial charge on any atom is 0.129 e. The molecule has 0 aliphatic heterocycles. The molecule has 0 saturated carbocycles. The fourth-order valence-corrected chi connectivity index (χ4v) is 2.11. The first-order valence-corrected chi connectivity index (χ1v) is 9.00. The summed E-state index contributed by atoms with van der Waals surface area (Å²) < 4.78 is 11.8. The van der Waals surface area contributed by atoms with Crippen LogP contribution in [0.25, 0.3) is 0 Å². The molecule has 140 valence electrons. The minimum atomic E-state index is -0.314. The highest BCUT2D eigenvalue weighted by atomic mass is 35.5. The normalized spacial score (nSPS) is 11.9. The molecule has 1 aromatic carbocycles. The second kappa shape index (κ2) is 9.93. The lowest BCUT2D eigenvalue weighted by Gasteiger charge is -2.17. The van der Waals surface area contributed by atoms with Gasteiger partial charge in [0.15, 0.2) is 0 Å². The third-order valence-electron chi connectivity index (χ3n) is 3.09. The van der Waals surface area contributed by atoms with E-state index in [1.54, 1.807) is 6.08 Å². The number of hydrogen-bond acceptors (Lipinski definition) is 4. The molecule has 0 aromatic heterocycles. The lowest BCUT2D eigenvalue weighted by molar-refractivity contribution is 0.0000907. The second-order valence-corrected chi connectivity index (χ2v) is 7.71. The number of hydrogen-bond donors (Lipinski definition) is 0. The minimum Gasteiger partial charge on any atom is -0.489 e. The summed E-state index contributed by atoms with van der Waals surface area (Å²) in [6, 6.07) is 3.90. The monoisotopic (exact) mass is 387 g/mol. The van der Waals surface area contributed by atoms with Crippen molar-refractivity contribution in [2.45, 2.75) is 53.6 Å². The largest absolute Gasteiger partial charge is 0.489 e. The van der Waals surface area contributed by atoms with Gasteiger partial charge in [-0.05, 0) is 70.4 Å². The SMILES string of the molecule is CCc1cc(OCC=C(Cl)Cl)cc(C)c1OCC(C)=NOC(C)(C)C. The molecular weight excluding hydrogens is 361 g/mol. The van der Waals surface area contributed by atoms with E-state index in [1.807, 2.05) is 46.8 Å². The van der Waals surface area contributed by atoms with Gasteiger partial charge in [-0.1, -0.05) is 35.3 Å². The van der Waals surface area contributed by atoms with Gasteiger partial charge in [-0.2, -0.15) is 0 Å². The van der Waals surface area contributed by atoms with E-state index in [0.29, 0.717) is 13.2 Å². The number of nitrogens with zero attached hydrogens (tertiary/aromatic N) is 1. The van der Waals surface area contributed by atoms with Crippen molar-refractivity contribution in [3.63, 3.8) is 0 Å². The van der Waals surface area contributed by atoms with Gasteiger partial charge < -0.3 is 14.3 Å². The predicted octanol–water partition coefficient (Wildman–Crippen LogP) is 5.83. The van der Waals surface area contributed by atoms with Crippen molar-refractivity contribution in [3.8, 4) is 11.5 Å². The zero-order valence-corrected chi connectivity index (χ0v) is 17.3. The van der Waals surface area contributed by atoms with Crippen LogP contribution >= 0.6 is 23.2 Å². The van der Waals surface area contributed by atoms with Crippen LogP contribution in [0.2, 0.25) is 0 Å². The molecule has 1 aromatic rings. The molecule has 6 heteroatoms. The Labute approximate surface area is 160 Å².